The lowest BCUT2D eigenvalue weighted by atomic mass is 9.76. The molecule has 100 valence electrons. The minimum atomic E-state index is 0.247. The molecule has 2 heteroatoms. The van der Waals surface area contributed by atoms with Crippen molar-refractivity contribution in [3.05, 3.63) is 0 Å². The molecule has 3 atom stereocenters. The fraction of sp³-hybridized carbons (Fsp3) is 0.933. The van der Waals surface area contributed by atoms with Gasteiger partial charge in [-0.3, -0.25) is 4.79 Å². The van der Waals surface area contributed by atoms with Crippen LogP contribution in [0, 0.1) is 23.7 Å². The topological polar surface area (TPSA) is 26.3 Å². The van der Waals surface area contributed by atoms with Gasteiger partial charge in [0, 0.05) is 6.42 Å². The molecule has 2 nitrogen and oxygen atoms in total. The van der Waals surface area contributed by atoms with E-state index in [0.717, 1.165) is 18.4 Å². The van der Waals surface area contributed by atoms with Crippen LogP contribution < -0.4 is 0 Å². The molecule has 0 aromatic heterocycles. The zero-order valence-corrected chi connectivity index (χ0v) is 11.9. The van der Waals surface area contributed by atoms with Gasteiger partial charge in [0.05, 0.1) is 6.61 Å². The van der Waals surface area contributed by atoms with E-state index in [9.17, 15) is 4.79 Å². The standard InChI is InChI=1S/C15H28O2/c1-11(2)7-15(16)10-17-9-14-8-12(3)5-6-13(14)4/h11-14H,5-10H2,1-4H3. The molecule has 0 bridgehead atoms. The molecule has 0 N–H and O–H groups in total. The summed E-state index contributed by atoms with van der Waals surface area (Å²) in [5.74, 6) is 2.93. The lowest BCUT2D eigenvalue weighted by Crippen LogP contribution is -2.26. The maximum absolute atomic E-state index is 11.5. The first kappa shape index (κ1) is 14.7. The summed E-state index contributed by atoms with van der Waals surface area (Å²) in [6, 6.07) is 0. The number of rotatable bonds is 6. The molecule has 0 aromatic carbocycles. The summed E-state index contributed by atoms with van der Waals surface area (Å²) >= 11 is 0. The molecule has 0 radical (unpaired) electrons. The van der Waals surface area contributed by atoms with Crippen molar-refractivity contribution in [1.29, 1.82) is 0 Å². The Kier molecular flexibility index (Phi) is 6.18. The van der Waals surface area contributed by atoms with Crippen molar-refractivity contribution in [3.8, 4) is 0 Å². The second-order valence-electron chi connectivity index (χ2n) is 6.31. The summed E-state index contributed by atoms with van der Waals surface area (Å²) < 4.78 is 5.60. The highest BCUT2D eigenvalue weighted by Gasteiger charge is 2.25. The average Bonchev–Trinajstić information content (AvgIpc) is 2.22. The van der Waals surface area contributed by atoms with Crippen LogP contribution in [0.3, 0.4) is 0 Å². The second-order valence-corrected chi connectivity index (χ2v) is 6.31. The molecule has 1 rings (SSSR count). The number of ketones is 1. The molecular weight excluding hydrogens is 212 g/mol. The molecule has 1 aliphatic rings. The van der Waals surface area contributed by atoms with Crippen LogP contribution in [0.4, 0.5) is 0 Å². The van der Waals surface area contributed by atoms with E-state index in [-0.39, 0.29) is 5.78 Å². The van der Waals surface area contributed by atoms with Crippen molar-refractivity contribution < 1.29 is 9.53 Å². The number of hydrogen-bond acceptors (Lipinski definition) is 2. The number of hydrogen-bond donors (Lipinski definition) is 0. The van der Waals surface area contributed by atoms with Crippen molar-refractivity contribution >= 4 is 5.78 Å². The first-order valence-electron chi connectivity index (χ1n) is 7.08. The third kappa shape index (κ3) is 5.67. The molecule has 0 aromatic rings. The highest BCUT2D eigenvalue weighted by molar-refractivity contribution is 5.79. The van der Waals surface area contributed by atoms with Crippen LogP contribution in [0.1, 0.15) is 53.4 Å². The van der Waals surface area contributed by atoms with Gasteiger partial charge in [-0.05, 0) is 30.1 Å². The number of carbonyl (C=O) groups excluding carboxylic acids is 1. The molecule has 1 aliphatic carbocycles. The van der Waals surface area contributed by atoms with E-state index in [4.69, 9.17) is 4.74 Å². The predicted octanol–water partition coefficient (Wildman–Crippen LogP) is 3.69. The molecule has 3 unspecified atom stereocenters. The molecule has 0 aliphatic heterocycles. The average molecular weight is 240 g/mol. The van der Waals surface area contributed by atoms with Gasteiger partial charge in [-0.1, -0.05) is 40.5 Å². The Morgan fingerprint density at radius 2 is 2.00 bits per heavy atom. The number of carbonyl (C=O) groups is 1. The predicted molar refractivity (Wildman–Crippen MR) is 71.0 cm³/mol. The van der Waals surface area contributed by atoms with Crippen molar-refractivity contribution in [2.75, 3.05) is 13.2 Å². The van der Waals surface area contributed by atoms with Gasteiger partial charge in [-0.2, -0.15) is 0 Å². The third-order valence-electron chi connectivity index (χ3n) is 3.86. The maximum atomic E-state index is 11.5. The highest BCUT2D eigenvalue weighted by Crippen LogP contribution is 2.33. The van der Waals surface area contributed by atoms with Crippen molar-refractivity contribution in [1.82, 2.24) is 0 Å². The monoisotopic (exact) mass is 240 g/mol. The van der Waals surface area contributed by atoms with E-state index < -0.39 is 0 Å². The van der Waals surface area contributed by atoms with Crippen LogP contribution in [-0.4, -0.2) is 19.0 Å². The van der Waals surface area contributed by atoms with Crippen LogP contribution in [-0.2, 0) is 9.53 Å². The Labute approximate surface area is 106 Å². The van der Waals surface area contributed by atoms with Crippen LogP contribution >= 0.6 is 0 Å². The van der Waals surface area contributed by atoms with Crippen molar-refractivity contribution in [3.63, 3.8) is 0 Å². The lowest BCUT2D eigenvalue weighted by Gasteiger charge is -2.32. The molecule has 0 saturated heterocycles. The summed E-state index contributed by atoms with van der Waals surface area (Å²) in [5, 5.41) is 0. The molecule has 0 heterocycles. The Bertz CT molecular complexity index is 235. The molecule has 1 fully saturated rings. The quantitative estimate of drug-likeness (QED) is 0.707. The minimum absolute atomic E-state index is 0.247. The SMILES string of the molecule is CC(C)CC(=O)COCC1CC(C)CCC1C. The smallest absolute Gasteiger partial charge is 0.158 e. The zero-order valence-electron chi connectivity index (χ0n) is 11.9. The van der Waals surface area contributed by atoms with Crippen molar-refractivity contribution in [2.24, 2.45) is 23.7 Å². The third-order valence-corrected chi connectivity index (χ3v) is 3.86. The molecule has 0 spiro atoms. The Morgan fingerprint density at radius 1 is 1.29 bits per heavy atom. The molecule has 0 amide bonds. The Morgan fingerprint density at radius 3 is 2.65 bits per heavy atom. The van der Waals surface area contributed by atoms with Gasteiger partial charge in [-0.25, -0.2) is 0 Å². The van der Waals surface area contributed by atoms with Gasteiger partial charge in [-0.15, -0.1) is 0 Å². The maximum Gasteiger partial charge on any atom is 0.158 e. The number of ether oxygens (including phenoxy) is 1. The van der Waals surface area contributed by atoms with E-state index in [2.05, 4.69) is 27.7 Å². The Balaban J connectivity index is 2.19. The van der Waals surface area contributed by atoms with Gasteiger partial charge in [0.15, 0.2) is 5.78 Å². The summed E-state index contributed by atoms with van der Waals surface area (Å²) in [5.41, 5.74) is 0. The summed E-state index contributed by atoms with van der Waals surface area (Å²) in [7, 11) is 0. The Hall–Kier alpha value is -0.370. The summed E-state index contributed by atoms with van der Waals surface area (Å²) in [6.07, 6.45) is 4.58. The highest BCUT2D eigenvalue weighted by atomic mass is 16.5. The zero-order chi connectivity index (χ0) is 12.8. The van der Waals surface area contributed by atoms with Gasteiger partial charge in [0.25, 0.3) is 0 Å². The van der Waals surface area contributed by atoms with Gasteiger partial charge in [0.2, 0.25) is 0 Å². The van der Waals surface area contributed by atoms with E-state index in [0.29, 0.717) is 24.9 Å². The first-order valence-corrected chi connectivity index (χ1v) is 7.08. The van der Waals surface area contributed by atoms with Gasteiger partial charge in [0.1, 0.15) is 6.61 Å². The minimum Gasteiger partial charge on any atom is -0.373 e. The first-order chi connectivity index (χ1) is 7.99. The van der Waals surface area contributed by atoms with Crippen LogP contribution in [0.5, 0.6) is 0 Å². The van der Waals surface area contributed by atoms with Crippen LogP contribution in [0.25, 0.3) is 0 Å². The summed E-state index contributed by atoms with van der Waals surface area (Å²) in [6.45, 7) is 9.87. The van der Waals surface area contributed by atoms with E-state index in [1.54, 1.807) is 0 Å². The van der Waals surface area contributed by atoms with Gasteiger partial charge < -0.3 is 4.74 Å². The molecule has 17 heavy (non-hydrogen) atoms. The number of Topliss-reactive ketones (excluding diaryl/α,β-unsaturated/α-hetero) is 1. The van der Waals surface area contributed by atoms with Gasteiger partial charge >= 0.3 is 0 Å². The fourth-order valence-corrected chi connectivity index (χ4v) is 2.72. The molecular formula is C15H28O2. The largest absolute Gasteiger partial charge is 0.373 e. The fourth-order valence-electron chi connectivity index (χ4n) is 2.72. The summed E-state index contributed by atoms with van der Waals surface area (Å²) in [4.78, 5) is 11.5. The lowest BCUT2D eigenvalue weighted by molar-refractivity contribution is -0.125. The second kappa shape index (κ2) is 7.15. The van der Waals surface area contributed by atoms with Crippen molar-refractivity contribution in [2.45, 2.75) is 53.4 Å². The molecule has 1 saturated carbocycles. The van der Waals surface area contributed by atoms with Crippen LogP contribution in [0.15, 0.2) is 0 Å². The van der Waals surface area contributed by atoms with E-state index in [1.165, 1.54) is 19.3 Å². The van der Waals surface area contributed by atoms with E-state index >= 15 is 0 Å². The normalized spacial score (nSPS) is 29.6. The van der Waals surface area contributed by atoms with E-state index in [1.807, 2.05) is 0 Å². The van der Waals surface area contributed by atoms with Crippen LogP contribution in [0.2, 0.25) is 0 Å².